The quantitative estimate of drug-likeness (QED) is 0.103. The number of sulfonamides is 1. The topological polar surface area (TPSA) is 141 Å². The molecule has 48 heavy (non-hydrogen) atoms. The minimum Gasteiger partial charge on any atom is -0.374 e. The molecule has 0 saturated heterocycles. The van der Waals surface area contributed by atoms with Gasteiger partial charge in [-0.3, -0.25) is 9.59 Å². The van der Waals surface area contributed by atoms with Gasteiger partial charge in [-0.05, 0) is 55.0 Å². The SMILES string of the molecule is CC(C)CN(C(O)(CCNC(=O)CCCC(C)NC(=O)CNCc1ccccc1)Cc1ccccc1)S(=O)(=O)c1ccc2ncsc2c1. The first-order valence-electron chi connectivity index (χ1n) is 16.4. The van der Waals surface area contributed by atoms with Crippen molar-refractivity contribution in [1.82, 2.24) is 25.2 Å². The lowest BCUT2D eigenvalue weighted by molar-refractivity contribution is -0.122. The Morgan fingerprint density at radius 1 is 0.958 bits per heavy atom. The predicted octanol–water partition coefficient (Wildman–Crippen LogP) is 4.85. The molecule has 258 valence electrons. The van der Waals surface area contributed by atoms with Gasteiger partial charge in [0.2, 0.25) is 21.8 Å². The van der Waals surface area contributed by atoms with Crippen LogP contribution in [0.1, 0.15) is 57.6 Å². The Labute approximate surface area is 288 Å². The maximum absolute atomic E-state index is 14.2. The van der Waals surface area contributed by atoms with Crippen LogP contribution in [-0.4, -0.2) is 66.0 Å². The van der Waals surface area contributed by atoms with Crippen LogP contribution in [0.5, 0.6) is 0 Å². The Bertz CT molecular complexity index is 1720. The monoisotopic (exact) mass is 693 g/mol. The number of thiazole rings is 1. The van der Waals surface area contributed by atoms with E-state index in [4.69, 9.17) is 0 Å². The molecule has 1 aromatic heterocycles. The van der Waals surface area contributed by atoms with Crippen LogP contribution in [0.25, 0.3) is 10.2 Å². The highest BCUT2D eigenvalue weighted by Gasteiger charge is 2.43. The van der Waals surface area contributed by atoms with E-state index in [2.05, 4.69) is 20.9 Å². The number of fused-ring (bicyclic) bond motifs is 1. The highest BCUT2D eigenvalue weighted by molar-refractivity contribution is 7.89. The summed E-state index contributed by atoms with van der Waals surface area (Å²) in [5, 5.41) is 21.2. The van der Waals surface area contributed by atoms with Crippen molar-refractivity contribution < 1.29 is 23.1 Å². The minimum absolute atomic E-state index is 0.00910. The molecule has 3 aromatic carbocycles. The number of nitrogens with zero attached hydrogens (tertiary/aromatic N) is 2. The Balaban J connectivity index is 1.34. The largest absolute Gasteiger partial charge is 0.374 e. The first-order chi connectivity index (χ1) is 23.0. The predicted molar refractivity (Wildman–Crippen MR) is 191 cm³/mol. The average Bonchev–Trinajstić information content (AvgIpc) is 3.53. The van der Waals surface area contributed by atoms with Crippen molar-refractivity contribution in [1.29, 1.82) is 0 Å². The molecule has 0 fully saturated rings. The zero-order chi connectivity index (χ0) is 34.6. The molecule has 2 unspecified atom stereocenters. The molecular weight excluding hydrogens is 647 g/mol. The van der Waals surface area contributed by atoms with Crippen molar-refractivity contribution >= 4 is 43.4 Å². The molecule has 4 rings (SSSR count). The van der Waals surface area contributed by atoms with Crippen LogP contribution in [0.15, 0.2) is 89.3 Å². The molecule has 0 bridgehead atoms. The molecule has 2 amide bonds. The van der Waals surface area contributed by atoms with Gasteiger partial charge < -0.3 is 21.1 Å². The van der Waals surface area contributed by atoms with Gasteiger partial charge in [0.05, 0.1) is 27.2 Å². The zero-order valence-electron chi connectivity index (χ0n) is 27.9. The molecule has 0 saturated carbocycles. The molecular formula is C36H47N5O5S2. The van der Waals surface area contributed by atoms with E-state index in [9.17, 15) is 23.1 Å². The molecule has 0 aliphatic carbocycles. The van der Waals surface area contributed by atoms with Crippen molar-refractivity contribution in [3.05, 3.63) is 95.5 Å². The third-order valence-corrected chi connectivity index (χ3v) is 10.7. The maximum Gasteiger partial charge on any atom is 0.245 e. The third-order valence-electron chi connectivity index (χ3n) is 7.97. The summed E-state index contributed by atoms with van der Waals surface area (Å²) in [5.41, 5.74) is 2.45. The van der Waals surface area contributed by atoms with E-state index in [-0.39, 0.29) is 67.6 Å². The molecule has 2 atom stereocenters. The molecule has 12 heteroatoms. The highest BCUT2D eigenvalue weighted by Crippen LogP contribution is 2.32. The summed E-state index contributed by atoms with van der Waals surface area (Å²) in [5.74, 6) is -0.381. The Kier molecular flexibility index (Phi) is 13.7. The lowest BCUT2D eigenvalue weighted by Gasteiger charge is -2.40. The molecule has 0 radical (unpaired) electrons. The lowest BCUT2D eigenvalue weighted by Crippen LogP contribution is -2.55. The molecule has 0 spiro atoms. The summed E-state index contributed by atoms with van der Waals surface area (Å²) in [4.78, 5) is 29.5. The van der Waals surface area contributed by atoms with Gasteiger partial charge in [0.25, 0.3) is 0 Å². The Morgan fingerprint density at radius 2 is 1.65 bits per heavy atom. The van der Waals surface area contributed by atoms with Crippen LogP contribution in [0.2, 0.25) is 0 Å². The van der Waals surface area contributed by atoms with Crippen molar-refractivity contribution in [2.45, 2.75) is 76.1 Å². The smallest absolute Gasteiger partial charge is 0.245 e. The van der Waals surface area contributed by atoms with Crippen LogP contribution < -0.4 is 16.0 Å². The van der Waals surface area contributed by atoms with Crippen LogP contribution in [0.3, 0.4) is 0 Å². The number of nitrogens with one attached hydrogen (secondary N) is 3. The van der Waals surface area contributed by atoms with Crippen LogP contribution in [-0.2, 0) is 32.6 Å². The zero-order valence-corrected chi connectivity index (χ0v) is 29.5. The van der Waals surface area contributed by atoms with Crippen LogP contribution in [0, 0.1) is 5.92 Å². The van der Waals surface area contributed by atoms with E-state index < -0.39 is 15.7 Å². The molecule has 1 heterocycles. The second-order valence-electron chi connectivity index (χ2n) is 12.6. The number of rotatable bonds is 19. The molecule has 10 nitrogen and oxygen atoms in total. The van der Waals surface area contributed by atoms with Gasteiger partial charge in [-0.15, -0.1) is 11.3 Å². The third kappa shape index (κ3) is 10.9. The summed E-state index contributed by atoms with van der Waals surface area (Å²) in [6, 6.07) is 23.8. The Morgan fingerprint density at radius 3 is 2.33 bits per heavy atom. The summed E-state index contributed by atoms with van der Waals surface area (Å²) in [7, 11) is -4.14. The van der Waals surface area contributed by atoms with Gasteiger partial charge in [0.15, 0.2) is 0 Å². The van der Waals surface area contributed by atoms with Crippen molar-refractivity contribution in [2.24, 2.45) is 5.92 Å². The van der Waals surface area contributed by atoms with Crippen LogP contribution in [0.4, 0.5) is 0 Å². The number of hydrogen-bond acceptors (Lipinski definition) is 8. The van der Waals surface area contributed by atoms with Gasteiger partial charge in [0.1, 0.15) is 5.72 Å². The number of aromatic nitrogens is 1. The normalized spacial score (nSPS) is 13.8. The molecule has 4 aromatic rings. The molecule has 0 aliphatic heterocycles. The van der Waals surface area contributed by atoms with Gasteiger partial charge in [-0.1, -0.05) is 74.5 Å². The number of hydrogen-bond donors (Lipinski definition) is 4. The highest BCUT2D eigenvalue weighted by atomic mass is 32.2. The standard InChI is InChI=1S/C36H47N5O5S2/c1-27(2)25-41(48(45,46)31-17-18-32-33(21-31)47-26-39-32)36(44,22-29-12-6-4-7-13-29)19-20-38-34(42)16-10-11-28(3)40-35(43)24-37-23-30-14-8-5-9-15-30/h4-9,12-15,17-18,21,26-28,37,44H,10-11,16,19-20,22-25H2,1-3H3,(H,38,42)(H,40,43). The summed E-state index contributed by atoms with van der Waals surface area (Å²) in [6.07, 6.45) is 1.47. The minimum atomic E-state index is -4.14. The number of carbonyl (C=O) groups is 2. The maximum atomic E-state index is 14.2. The van der Waals surface area contributed by atoms with Gasteiger partial charge >= 0.3 is 0 Å². The number of carbonyl (C=O) groups excluding carboxylic acids is 2. The summed E-state index contributed by atoms with van der Waals surface area (Å²) in [6.45, 7) is 6.70. The van der Waals surface area contributed by atoms with E-state index in [1.54, 1.807) is 17.6 Å². The van der Waals surface area contributed by atoms with Crippen molar-refractivity contribution in [2.75, 3.05) is 19.6 Å². The van der Waals surface area contributed by atoms with E-state index in [1.165, 1.54) is 21.7 Å². The van der Waals surface area contributed by atoms with Gasteiger partial charge in [0, 0.05) is 44.9 Å². The fourth-order valence-electron chi connectivity index (χ4n) is 5.54. The fraction of sp³-hybridized carbons (Fsp3) is 0.417. The van der Waals surface area contributed by atoms with E-state index >= 15 is 0 Å². The second kappa shape index (κ2) is 17.6. The van der Waals surface area contributed by atoms with Crippen molar-refractivity contribution in [3.63, 3.8) is 0 Å². The number of amides is 2. The second-order valence-corrected chi connectivity index (χ2v) is 15.4. The number of aliphatic hydroxyl groups is 1. The van der Waals surface area contributed by atoms with Crippen LogP contribution >= 0.6 is 11.3 Å². The Hall–Kier alpha value is -3.68. The summed E-state index contributed by atoms with van der Waals surface area (Å²) < 4.78 is 30.3. The first kappa shape index (κ1) is 37.1. The average molecular weight is 694 g/mol. The van der Waals surface area contributed by atoms with E-state index in [1.807, 2.05) is 81.4 Å². The molecule has 0 aliphatic rings. The number of benzene rings is 3. The van der Waals surface area contributed by atoms with Gasteiger partial charge in [-0.25, -0.2) is 13.4 Å². The fourth-order valence-corrected chi connectivity index (χ4v) is 8.19. The van der Waals surface area contributed by atoms with Gasteiger partial charge in [-0.2, -0.15) is 4.31 Å². The van der Waals surface area contributed by atoms with E-state index in [0.29, 0.717) is 24.9 Å². The van der Waals surface area contributed by atoms with Crippen molar-refractivity contribution in [3.8, 4) is 0 Å². The first-order valence-corrected chi connectivity index (χ1v) is 18.7. The lowest BCUT2D eigenvalue weighted by atomic mass is 9.98. The van der Waals surface area contributed by atoms with E-state index in [0.717, 1.165) is 15.8 Å². The summed E-state index contributed by atoms with van der Waals surface area (Å²) >= 11 is 1.36. The molecule has 4 N–H and O–H groups in total.